The Morgan fingerprint density at radius 3 is 2.38 bits per heavy atom. The molecule has 0 atom stereocenters. The number of carbonyl (C=O) groups excluding carboxylic acids is 1. The van der Waals surface area contributed by atoms with E-state index in [0.717, 1.165) is 15.6 Å². The average Bonchev–Trinajstić information content (AvgIpc) is 2.20. The first-order valence-electron chi connectivity index (χ1n) is 4.93. The smallest absolute Gasteiger partial charge is 0.303 e. The van der Waals surface area contributed by atoms with Crippen molar-refractivity contribution < 1.29 is 14.7 Å². The van der Waals surface area contributed by atoms with Crippen LogP contribution in [0.1, 0.15) is 34.3 Å². The highest BCUT2D eigenvalue weighted by atomic mass is 79.9. The molecule has 86 valence electrons. The van der Waals surface area contributed by atoms with Crippen molar-refractivity contribution in [3.63, 3.8) is 0 Å². The summed E-state index contributed by atoms with van der Waals surface area (Å²) in [4.78, 5) is 22.1. The van der Waals surface area contributed by atoms with E-state index >= 15 is 0 Å². The molecule has 1 N–H and O–H groups in total. The fourth-order valence-electron chi connectivity index (χ4n) is 1.44. The number of rotatable bonds is 4. The summed E-state index contributed by atoms with van der Waals surface area (Å²) in [6.07, 6.45) is -0.0649. The number of benzene rings is 1. The summed E-state index contributed by atoms with van der Waals surface area (Å²) in [6.45, 7) is 3.75. The van der Waals surface area contributed by atoms with Gasteiger partial charge in [-0.1, -0.05) is 15.9 Å². The molecule has 0 saturated carbocycles. The molecular weight excluding hydrogens is 272 g/mol. The van der Waals surface area contributed by atoms with Crippen molar-refractivity contribution in [1.29, 1.82) is 0 Å². The van der Waals surface area contributed by atoms with Gasteiger partial charge in [-0.2, -0.15) is 0 Å². The zero-order chi connectivity index (χ0) is 12.3. The van der Waals surface area contributed by atoms with Crippen molar-refractivity contribution in [1.82, 2.24) is 0 Å². The van der Waals surface area contributed by atoms with Gasteiger partial charge in [-0.05, 0) is 37.1 Å². The minimum Gasteiger partial charge on any atom is -0.481 e. The van der Waals surface area contributed by atoms with Gasteiger partial charge < -0.3 is 5.11 Å². The van der Waals surface area contributed by atoms with Crippen LogP contribution in [0.2, 0.25) is 0 Å². The maximum absolute atomic E-state index is 11.8. The molecule has 0 aliphatic heterocycles. The van der Waals surface area contributed by atoms with E-state index in [9.17, 15) is 9.59 Å². The second kappa shape index (κ2) is 5.25. The van der Waals surface area contributed by atoms with Gasteiger partial charge in [0.25, 0.3) is 0 Å². The second-order valence-corrected chi connectivity index (χ2v) is 4.59. The average molecular weight is 285 g/mol. The molecule has 0 aromatic heterocycles. The number of halogens is 1. The Labute approximate surface area is 103 Å². The van der Waals surface area contributed by atoms with E-state index in [1.165, 1.54) is 0 Å². The van der Waals surface area contributed by atoms with Crippen molar-refractivity contribution in [3.05, 3.63) is 33.3 Å². The summed E-state index contributed by atoms with van der Waals surface area (Å²) in [5, 5.41) is 8.52. The van der Waals surface area contributed by atoms with Crippen molar-refractivity contribution >= 4 is 27.7 Å². The van der Waals surface area contributed by atoms with Gasteiger partial charge in [0.05, 0.1) is 6.42 Å². The van der Waals surface area contributed by atoms with Gasteiger partial charge >= 0.3 is 5.97 Å². The maximum atomic E-state index is 11.8. The van der Waals surface area contributed by atoms with Crippen molar-refractivity contribution in [2.24, 2.45) is 0 Å². The van der Waals surface area contributed by atoms with Gasteiger partial charge in [0.15, 0.2) is 5.78 Å². The van der Waals surface area contributed by atoms with E-state index in [-0.39, 0.29) is 18.6 Å². The van der Waals surface area contributed by atoms with Crippen LogP contribution in [0.4, 0.5) is 0 Å². The first-order valence-corrected chi connectivity index (χ1v) is 5.73. The van der Waals surface area contributed by atoms with Crippen molar-refractivity contribution in [3.8, 4) is 0 Å². The summed E-state index contributed by atoms with van der Waals surface area (Å²) in [5.74, 6) is -1.06. The molecule has 1 aromatic carbocycles. The molecule has 0 aliphatic rings. The van der Waals surface area contributed by atoms with E-state index in [1.54, 1.807) is 6.07 Å². The molecule has 4 heteroatoms. The van der Waals surface area contributed by atoms with E-state index < -0.39 is 5.97 Å². The maximum Gasteiger partial charge on any atom is 0.303 e. The van der Waals surface area contributed by atoms with Crippen LogP contribution in [0.25, 0.3) is 0 Å². The minimum absolute atomic E-state index is 0.0528. The SMILES string of the molecule is Cc1cc(C(=O)CCC(=O)O)c(C)cc1Br. The van der Waals surface area contributed by atoms with Crippen LogP contribution in [-0.4, -0.2) is 16.9 Å². The third-order valence-electron chi connectivity index (χ3n) is 2.37. The van der Waals surface area contributed by atoms with E-state index in [2.05, 4.69) is 15.9 Å². The van der Waals surface area contributed by atoms with Crippen LogP contribution in [0, 0.1) is 13.8 Å². The number of hydrogen-bond donors (Lipinski definition) is 1. The molecule has 0 unspecified atom stereocenters. The third kappa shape index (κ3) is 3.17. The fraction of sp³-hybridized carbons (Fsp3) is 0.333. The molecule has 0 amide bonds. The minimum atomic E-state index is -0.945. The Kier molecular flexibility index (Phi) is 4.24. The van der Waals surface area contributed by atoms with Crippen LogP contribution < -0.4 is 0 Å². The summed E-state index contributed by atoms with van der Waals surface area (Å²) < 4.78 is 0.958. The molecule has 1 aromatic rings. The predicted molar refractivity (Wildman–Crippen MR) is 64.8 cm³/mol. The van der Waals surface area contributed by atoms with Crippen LogP contribution in [0.3, 0.4) is 0 Å². The predicted octanol–water partition coefficient (Wildman–Crippen LogP) is 3.11. The Bertz CT molecular complexity index is 438. The Hall–Kier alpha value is -1.16. The number of ketones is 1. The summed E-state index contributed by atoms with van der Waals surface area (Å²) in [6, 6.07) is 3.67. The largest absolute Gasteiger partial charge is 0.481 e. The highest BCUT2D eigenvalue weighted by Crippen LogP contribution is 2.22. The van der Waals surface area contributed by atoms with Gasteiger partial charge in [0, 0.05) is 16.5 Å². The second-order valence-electron chi connectivity index (χ2n) is 3.73. The third-order valence-corrected chi connectivity index (χ3v) is 3.23. The van der Waals surface area contributed by atoms with Crippen LogP contribution >= 0.6 is 15.9 Å². The molecule has 0 heterocycles. The normalized spacial score (nSPS) is 10.2. The monoisotopic (exact) mass is 284 g/mol. The molecule has 0 aliphatic carbocycles. The lowest BCUT2D eigenvalue weighted by Crippen LogP contribution is -2.06. The molecule has 0 radical (unpaired) electrons. The first-order chi connectivity index (χ1) is 7.41. The molecule has 0 bridgehead atoms. The highest BCUT2D eigenvalue weighted by Gasteiger charge is 2.12. The molecule has 0 fully saturated rings. The topological polar surface area (TPSA) is 54.4 Å². The number of carbonyl (C=O) groups is 2. The molecule has 3 nitrogen and oxygen atoms in total. The van der Waals surface area contributed by atoms with Crippen molar-refractivity contribution in [2.75, 3.05) is 0 Å². The van der Waals surface area contributed by atoms with E-state index in [4.69, 9.17) is 5.11 Å². The van der Waals surface area contributed by atoms with Crippen LogP contribution in [-0.2, 0) is 4.79 Å². The zero-order valence-electron chi connectivity index (χ0n) is 9.21. The number of carboxylic acid groups (broad SMARTS) is 1. The van der Waals surface area contributed by atoms with Gasteiger partial charge in [0.1, 0.15) is 0 Å². The van der Waals surface area contributed by atoms with E-state index in [0.29, 0.717) is 5.56 Å². The lowest BCUT2D eigenvalue weighted by molar-refractivity contribution is -0.136. The summed E-state index contributed by atoms with van der Waals surface area (Å²) >= 11 is 3.39. The first kappa shape index (κ1) is 12.9. The molecule has 0 saturated heterocycles. The Balaban J connectivity index is 2.91. The zero-order valence-corrected chi connectivity index (χ0v) is 10.8. The van der Waals surface area contributed by atoms with Gasteiger partial charge in [-0.3, -0.25) is 9.59 Å². The van der Waals surface area contributed by atoms with E-state index in [1.807, 2.05) is 19.9 Å². The lowest BCUT2D eigenvalue weighted by Gasteiger charge is -2.07. The number of Topliss-reactive ketones (excluding diaryl/α,β-unsaturated/α-hetero) is 1. The molecule has 16 heavy (non-hydrogen) atoms. The molecule has 0 spiro atoms. The quantitative estimate of drug-likeness (QED) is 0.865. The standard InChI is InChI=1S/C12H13BrO3/c1-7-6-10(13)8(2)5-9(7)11(14)3-4-12(15)16/h5-6H,3-4H2,1-2H3,(H,15,16). The molecule has 1 rings (SSSR count). The van der Waals surface area contributed by atoms with Gasteiger partial charge in [0.2, 0.25) is 0 Å². The Morgan fingerprint density at radius 2 is 1.81 bits per heavy atom. The number of aliphatic carboxylic acids is 1. The highest BCUT2D eigenvalue weighted by molar-refractivity contribution is 9.10. The van der Waals surface area contributed by atoms with Gasteiger partial charge in [-0.15, -0.1) is 0 Å². The summed E-state index contributed by atoms with van der Waals surface area (Å²) in [5.41, 5.74) is 2.46. The number of hydrogen-bond acceptors (Lipinski definition) is 2. The van der Waals surface area contributed by atoms with Gasteiger partial charge in [-0.25, -0.2) is 0 Å². The van der Waals surface area contributed by atoms with Crippen molar-refractivity contribution in [2.45, 2.75) is 26.7 Å². The van der Waals surface area contributed by atoms with Crippen LogP contribution in [0.5, 0.6) is 0 Å². The van der Waals surface area contributed by atoms with Crippen LogP contribution in [0.15, 0.2) is 16.6 Å². The lowest BCUT2D eigenvalue weighted by atomic mass is 9.99. The number of carboxylic acids is 1. The number of aryl methyl sites for hydroxylation is 2. The summed E-state index contributed by atoms with van der Waals surface area (Å²) in [7, 11) is 0. The Morgan fingerprint density at radius 1 is 1.19 bits per heavy atom. The molecular formula is C12H13BrO3. The fourth-order valence-corrected chi connectivity index (χ4v) is 1.89.